The number of thioether (sulfide) groups is 1. The number of hydrogen-bond acceptors (Lipinski definition) is 2. The predicted octanol–water partition coefficient (Wildman–Crippen LogP) is 4.23. The van der Waals surface area contributed by atoms with Crippen molar-refractivity contribution in [3.8, 4) is 0 Å². The lowest BCUT2D eigenvalue weighted by molar-refractivity contribution is 0.422. The van der Waals surface area contributed by atoms with E-state index >= 15 is 0 Å². The molecule has 1 unspecified atom stereocenters. The highest BCUT2D eigenvalue weighted by molar-refractivity contribution is 7.98. The van der Waals surface area contributed by atoms with Crippen molar-refractivity contribution < 1.29 is 0 Å². The van der Waals surface area contributed by atoms with Gasteiger partial charge in [0.15, 0.2) is 0 Å². The average molecular weight is 279 g/mol. The highest BCUT2D eigenvalue weighted by Crippen LogP contribution is 2.15. The molecule has 0 bridgehead atoms. The monoisotopic (exact) mass is 279 g/mol. The van der Waals surface area contributed by atoms with Crippen LogP contribution in [0.25, 0.3) is 0 Å². The van der Waals surface area contributed by atoms with Crippen molar-refractivity contribution in [3.05, 3.63) is 35.9 Å². The lowest BCUT2D eigenvalue weighted by atomic mass is 9.95. The van der Waals surface area contributed by atoms with Crippen molar-refractivity contribution in [1.82, 2.24) is 5.32 Å². The van der Waals surface area contributed by atoms with Crippen LogP contribution in [0.1, 0.15) is 32.3 Å². The smallest absolute Gasteiger partial charge is 0.00172 e. The zero-order valence-corrected chi connectivity index (χ0v) is 13.5. The third kappa shape index (κ3) is 8.33. The summed E-state index contributed by atoms with van der Waals surface area (Å²) in [5, 5.41) is 3.63. The van der Waals surface area contributed by atoms with Gasteiger partial charge in [0.25, 0.3) is 0 Å². The third-order valence-corrected chi connectivity index (χ3v) is 4.01. The molecule has 1 aromatic rings. The number of hydrogen-bond donors (Lipinski definition) is 1. The first-order chi connectivity index (χ1) is 9.22. The van der Waals surface area contributed by atoms with E-state index in [2.05, 4.69) is 55.8 Å². The van der Waals surface area contributed by atoms with Gasteiger partial charge in [0.2, 0.25) is 0 Å². The predicted molar refractivity (Wildman–Crippen MR) is 89.0 cm³/mol. The van der Waals surface area contributed by atoms with Gasteiger partial charge >= 0.3 is 0 Å². The summed E-state index contributed by atoms with van der Waals surface area (Å²) < 4.78 is 0. The Morgan fingerprint density at radius 3 is 2.47 bits per heavy atom. The summed E-state index contributed by atoms with van der Waals surface area (Å²) in [4.78, 5) is 0. The molecule has 0 fully saturated rings. The fourth-order valence-corrected chi connectivity index (χ4v) is 2.77. The molecule has 108 valence electrons. The molecular weight excluding hydrogens is 250 g/mol. The molecule has 1 N–H and O–H groups in total. The molecule has 0 aliphatic heterocycles. The summed E-state index contributed by atoms with van der Waals surface area (Å²) in [6.07, 6.45) is 6.08. The molecule has 0 aliphatic carbocycles. The molecule has 0 radical (unpaired) electrons. The summed E-state index contributed by atoms with van der Waals surface area (Å²) >= 11 is 1.96. The van der Waals surface area contributed by atoms with Crippen molar-refractivity contribution in [2.75, 3.05) is 25.1 Å². The zero-order chi connectivity index (χ0) is 13.9. The molecule has 1 nitrogen and oxygen atoms in total. The first-order valence-corrected chi connectivity index (χ1v) is 8.85. The number of benzene rings is 1. The SMILES string of the molecule is CSCCCC(CNCC(C)C)Cc1ccccc1. The Kier molecular flexibility index (Phi) is 9.02. The van der Waals surface area contributed by atoms with Crippen molar-refractivity contribution in [3.63, 3.8) is 0 Å². The van der Waals surface area contributed by atoms with E-state index in [-0.39, 0.29) is 0 Å². The van der Waals surface area contributed by atoms with E-state index in [0.717, 1.165) is 24.9 Å². The van der Waals surface area contributed by atoms with E-state index < -0.39 is 0 Å². The minimum absolute atomic E-state index is 0.739. The summed E-state index contributed by atoms with van der Waals surface area (Å²) in [7, 11) is 0. The molecule has 0 spiro atoms. The molecule has 19 heavy (non-hydrogen) atoms. The van der Waals surface area contributed by atoms with E-state index in [1.54, 1.807) is 0 Å². The van der Waals surface area contributed by atoms with Crippen LogP contribution in [0, 0.1) is 11.8 Å². The van der Waals surface area contributed by atoms with Gasteiger partial charge in [-0.1, -0.05) is 44.2 Å². The van der Waals surface area contributed by atoms with Crippen molar-refractivity contribution in [2.45, 2.75) is 33.1 Å². The van der Waals surface area contributed by atoms with Gasteiger partial charge in [-0.15, -0.1) is 0 Å². The molecule has 1 aromatic carbocycles. The Morgan fingerprint density at radius 2 is 1.84 bits per heavy atom. The van der Waals surface area contributed by atoms with Crippen LogP contribution in [0.2, 0.25) is 0 Å². The molecule has 0 heterocycles. The van der Waals surface area contributed by atoms with Crippen LogP contribution in [0.5, 0.6) is 0 Å². The van der Waals surface area contributed by atoms with Gasteiger partial charge in [-0.25, -0.2) is 0 Å². The van der Waals surface area contributed by atoms with Crippen molar-refractivity contribution in [1.29, 1.82) is 0 Å². The quantitative estimate of drug-likeness (QED) is 0.643. The van der Waals surface area contributed by atoms with E-state index in [1.165, 1.54) is 30.6 Å². The van der Waals surface area contributed by atoms with Gasteiger partial charge in [0.1, 0.15) is 0 Å². The summed E-state index contributed by atoms with van der Waals surface area (Å²) in [6, 6.07) is 10.9. The fraction of sp³-hybridized carbons (Fsp3) is 0.647. The molecule has 1 atom stereocenters. The van der Waals surface area contributed by atoms with Gasteiger partial charge in [-0.3, -0.25) is 0 Å². The van der Waals surface area contributed by atoms with Crippen LogP contribution in [-0.4, -0.2) is 25.1 Å². The van der Waals surface area contributed by atoms with Crippen LogP contribution in [0.4, 0.5) is 0 Å². The highest BCUT2D eigenvalue weighted by Gasteiger charge is 2.09. The maximum Gasteiger partial charge on any atom is -0.00172 e. The van der Waals surface area contributed by atoms with Crippen LogP contribution in [-0.2, 0) is 6.42 Å². The summed E-state index contributed by atoms with van der Waals surface area (Å²) in [5.41, 5.74) is 1.47. The minimum Gasteiger partial charge on any atom is -0.316 e. The van der Waals surface area contributed by atoms with Gasteiger partial charge in [-0.05, 0) is 61.8 Å². The molecule has 0 saturated heterocycles. The first kappa shape index (κ1) is 16.6. The summed E-state index contributed by atoms with van der Waals surface area (Å²) in [5.74, 6) is 2.80. The Labute approximate surface area is 123 Å². The molecule has 0 saturated carbocycles. The first-order valence-electron chi connectivity index (χ1n) is 7.46. The Bertz CT molecular complexity index is 310. The minimum atomic E-state index is 0.739. The topological polar surface area (TPSA) is 12.0 Å². The maximum absolute atomic E-state index is 3.63. The standard InChI is InChI=1S/C17H29NS/c1-15(2)13-18-14-17(10-7-11-19-3)12-16-8-5-4-6-9-16/h4-6,8-9,15,17-18H,7,10-14H2,1-3H3. The van der Waals surface area contributed by atoms with Gasteiger partial charge in [0.05, 0.1) is 0 Å². The Morgan fingerprint density at radius 1 is 1.11 bits per heavy atom. The van der Waals surface area contributed by atoms with Crippen LogP contribution in [0.15, 0.2) is 30.3 Å². The van der Waals surface area contributed by atoms with E-state index in [1.807, 2.05) is 11.8 Å². The average Bonchev–Trinajstić information content (AvgIpc) is 2.39. The fourth-order valence-electron chi connectivity index (χ4n) is 2.32. The van der Waals surface area contributed by atoms with E-state index in [9.17, 15) is 0 Å². The van der Waals surface area contributed by atoms with Crippen molar-refractivity contribution >= 4 is 11.8 Å². The van der Waals surface area contributed by atoms with Crippen LogP contribution >= 0.6 is 11.8 Å². The largest absolute Gasteiger partial charge is 0.316 e. The molecule has 0 aromatic heterocycles. The molecule has 0 amide bonds. The Balaban J connectivity index is 2.39. The normalized spacial score (nSPS) is 12.8. The van der Waals surface area contributed by atoms with E-state index in [4.69, 9.17) is 0 Å². The van der Waals surface area contributed by atoms with Crippen LogP contribution < -0.4 is 5.32 Å². The molecular formula is C17H29NS. The second-order valence-electron chi connectivity index (χ2n) is 5.74. The zero-order valence-electron chi connectivity index (χ0n) is 12.7. The number of nitrogens with one attached hydrogen (secondary N) is 1. The van der Waals surface area contributed by atoms with Gasteiger partial charge < -0.3 is 5.32 Å². The maximum atomic E-state index is 3.63. The van der Waals surface area contributed by atoms with Crippen LogP contribution in [0.3, 0.4) is 0 Å². The van der Waals surface area contributed by atoms with E-state index in [0.29, 0.717) is 0 Å². The lowest BCUT2D eigenvalue weighted by Gasteiger charge is -2.18. The van der Waals surface area contributed by atoms with Gasteiger partial charge in [0, 0.05) is 0 Å². The van der Waals surface area contributed by atoms with Gasteiger partial charge in [-0.2, -0.15) is 11.8 Å². The molecule has 0 aliphatic rings. The highest BCUT2D eigenvalue weighted by atomic mass is 32.2. The second kappa shape index (κ2) is 10.3. The molecule has 1 rings (SSSR count). The Hall–Kier alpha value is -0.470. The molecule has 2 heteroatoms. The second-order valence-corrected chi connectivity index (χ2v) is 6.73. The lowest BCUT2D eigenvalue weighted by Crippen LogP contribution is -2.27. The van der Waals surface area contributed by atoms with Crippen molar-refractivity contribution in [2.24, 2.45) is 11.8 Å². The third-order valence-electron chi connectivity index (χ3n) is 3.31. The number of rotatable bonds is 10. The summed E-state index contributed by atoms with van der Waals surface area (Å²) in [6.45, 7) is 6.83.